The van der Waals surface area contributed by atoms with E-state index in [2.05, 4.69) is 20.6 Å². The van der Waals surface area contributed by atoms with Crippen molar-refractivity contribution in [1.82, 2.24) is 9.97 Å². The van der Waals surface area contributed by atoms with Crippen LogP contribution < -0.4 is 10.6 Å². The number of benzene rings is 1. The fourth-order valence-corrected chi connectivity index (χ4v) is 1.71. The van der Waals surface area contributed by atoms with E-state index in [1.807, 2.05) is 6.92 Å². The van der Waals surface area contributed by atoms with Crippen LogP contribution >= 0.6 is 0 Å². The molecule has 1 aromatic carbocycles. The Balaban J connectivity index is 2.39. The molecule has 110 valence electrons. The van der Waals surface area contributed by atoms with E-state index in [4.69, 9.17) is 0 Å². The molecule has 1 heterocycles. The van der Waals surface area contributed by atoms with Crippen LogP contribution in [0.2, 0.25) is 0 Å². The summed E-state index contributed by atoms with van der Waals surface area (Å²) < 4.78 is 13.6. The highest BCUT2D eigenvalue weighted by molar-refractivity contribution is 5.73. The third kappa shape index (κ3) is 3.41. The van der Waals surface area contributed by atoms with E-state index in [1.165, 1.54) is 24.5 Å². The van der Waals surface area contributed by atoms with E-state index in [0.29, 0.717) is 6.54 Å². The van der Waals surface area contributed by atoms with Crippen molar-refractivity contribution in [3.63, 3.8) is 0 Å². The van der Waals surface area contributed by atoms with Crippen molar-refractivity contribution in [2.45, 2.75) is 13.3 Å². The molecular weight excluding hydrogens is 277 g/mol. The predicted octanol–water partition coefficient (Wildman–Crippen LogP) is 3.09. The second kappa shape index (κ2) is 6.60. The molecule has 8 heteroatoms. The molecule has 0 atom stereocenters. The molecule has 0 aliphatic rings. The van der Waals surface area contributed by atoms with Crippen molar-refractivity contribution in [1.29, 1.82) is 0 Å². The quantitative estimate of drug-likeness (QED) is 0.627. The van der Waals surface area contributed by atoms with Gasteiger partial charge >= 0.3 is 5.69 Å². The van der Waals surface area contributed by atoms with Gasteiger partial charge in [-0.05, 0) is 18.6 Å². The summed E-state index contributed by atoms with van der Waals surface area (Å²) in [6, 6.07) is 5.88. The van der Waals surface area contributed by atoms with E-state index in [1.54, 1.807) is 6.07 Å². The minimum absolute atomic E-state index is 0.0568. The minimum Gasteiger partial charge on any atom is -0.364 e. The Hall–Kier alpha value is -2.77. The van der Waals surface area contributed by atoms with Crippen molar-refractivity contribution in [3.8, 4) is 0 Å². The first-order chi connectivity index (χ1) is 10.1. The van der Waals surface area contributed by atoms with Crippen LogP contribution in [0.5, 0.6) is 0 Å². The van der Waals surface area contributed by atoms with Gasteiger partial charge < -0.3 is 10.6 Å². The highest BCUT2D eigenvalue weighted by Crippen LogP contribution is 2.31. The number of rotatable bonds is 6. The van der Waals surface area contributed by atoms with E-state index in [9.17, 15) is 14.5 Å². The van der Waals surface area contributed by atoms with Gasteiger partial charge in [0.05, 0.1) is 10.6 Å². The zero-order chi connectivity index (χ0) is 15.2. The zero-order valence-electron chi connectivity index (χ0n) is 11.3. The highest BCUT2D eigenvalue weighted by atomic mass is 19.1. The molecule has 0 radical (unpaired) electrons. The SMILES string of the molecule is CCCNc1ncnc(Nc2ccccc2F)c1[N+](=O)[O-]. The summed E-state index contributed by atoms with van der Waals surface area (Å²) in [6.07, 6.45) is 1.98. The Labute approximate surface area is 120 Å². The lowest BCUT2D eigenvalue weighted by atomic mass is 10.3. The summed E-state index contributed by atoms with van der Waals surface area (Å²) in [5, 5.41) is 16.7. The van der Waals surface area contributed by atoms with Crippen molar-refractivity contribution in [2.24, 2.45) is 0 Å². The van der Waals surface area contributed by atoms with Gasteiger partial charge in [0.25, 0.3) is 0 Å². The number of para-hydroxylation sites is 1. The third-order valence-corrected chi connectivity index (χ3v) is 2.67. The maximum absolute atomic E-state index is 13.6. The summed E-state index contributed by atoms with van der Waals surface area (Å²) in [4.78, 5) is 18.3. The Kier molecular flexibility index (Phi) is 4.60. The molecule has 0 bridgehead atoms. The summed E-state index contributed by atoms with van der Waals surface area (Å²) in [5.74, 6) is -0.470. The lowest BCUT2D eigenvalue weighted by Crippen LogP contribution is -2.09. The number of anilines is 3. The van der Waals surface area contributed by atoms with Crippen LogP contribution in [0.3, 0.4) is 0 Å². The van der Waals surface area contributed by atoms with Crippen LogP contribution in [0.15, 0.2) is 30.6 Å². The average molecular weight is 291 g/mol. The number of hydrogen-bond donors (Lipinski definition) is 2. The Morgan fingerprint density at radius 2 is 2.00 bits per heavy atom. The Morgan fingerprint density at radius 1 is 1.29 bits per heavy atom. The number of nitrogens with one attached hydrogen (secondary N) is 2. The first kappa shape index (κ1) is 14.6. The molecule has 21 heavy (non-hydrogen) atoms. The Bertz CT molecular complexity index is 650. The number of hydrogen-bond acceptors (Lipinski definition) is 6. The maximum atomic E-state index is 13.6. The van der Waals surface area contributed by atoms with Gasteiger partial charge in [0, 0.05) is 6.54 Å². The van der Waals surface area contributed by atoms with Gasteiger partial charge in [0.15, 0.2) is 0 Å². The first-order valence-corrected chi connectivity index (χ1v) is 6.38. The van der Waals surface area contributed by atoms with E-state index < -0.39 is 10.7 Å². The average Bonchev–Trinajstić information content (AvgIpc) is 2.47. The van der Waals surface area contributed by atoms with Gasteiger partial charge in [-0.3, -0.25) is 10.1 Å². The summed E-state index contributed by atoms with van der Waals surface area (Å²) in [6.45, 7) is 2.47. The first-order valence-electron chi connectivity index (χ1n) is 6.38. The summed E-state index contributed by atoms with van der Waals surface area (Å²) in [5.41, 5.74) is -0.199. The lowest BCUT2D eigenvalue weighted by molar-refractivity contribution is -0.383. The van der Waals surface area contributed by atoms with Gasteiger partial charge in [-0.2, -0.15) is 0 Å². The van der Waals surface area contributed by atoms with E-state index in [0.717, 1.165) is 6.42 Å². The molecule has 0 unspecified atom stereocenters. The third-order valence-electron chi connectivity index (χ3n) is 2.67. The number of aromatic nitrogens is 2. The second-order valence-electron chi connectivity index (χ2n) is 4.21. The molecule has 2 aromatic rings. The normalized spacial score (nSPS) is 10.2. The molecule has 2 N–H and O–H groups in total. The van der Waals surface area contributed by atoms with Gasteiger partial charge in [-0.25, -0.2) is 14.4 Å². The Morgan fingerprint density at radius 3 is 2.67 bits per heavy atom. The molecule has 0 spiro atoms. The maximum Gasteiger partial charge on any atom is 0.353 e. The molecular formula is C13H14FN5O2. The van der Waals surface area contributed by atoms with Crippen LogP contribution in [-0.2, 0) is 0 Å². The minimum atomic E-state index is -0.596. The molecule has 1 aromatic heterocycles. The molecule has 0 amide bonds. The van der Waals surface area contributed by atoms with Crippen molar-refractivity contribution in [3.05, 3.63) is 46.5 Å². The van der Waals surface area contributed by atoms with Crippen LogP contribution in [-0.4, -0.2) is 21.4 Å². The van der Waals surface area contributed by atoms with Crippen molar-refractivity contribution >= 4 is 23.0 Å². The van der Waals surface area contributed by atoms with Gasteiger partial charge in [-0.15, -0.1) is 0 Å². The number of halogens is 1. The topological polar surface area (TPSA) is 93.0 Å². The predicted molar refractivity (Wildman–Crippen MR) is 77.1 cm³/mol. The molecule has 0 aliphatic heterocycles. The standard InChI is InChI=1S/C13H14FN5O2/c1-2-7-15-12-11(19(20)21)13(17-8-16-12)18-10-6-4-3-5-9(10)14/h3-6,8H,2,7H2,1H3,(H2,15,16,17,18). The fraction of sp³-hybridized carbons (Fsp3) is 0.231. The van der Waals surface area contributed by atoms with Crippen LogP contribution in [0, 0.1) is 15.9 Å². The van der Waals surface area contributed by atoms with Crippen molar-refractivity contribution in [2.75, 3.05) is 17.2 Å². The molecule has 0 saturated heterocycles. The largest absolute Gasteiger partial charge is 0.364 e. The number of nitro groups is 1. The van der Waals surface area contributed by atoms with Crippen LogP contribution in [0.1, 0.15) is 13.3 Å². The fourth-order valence-electron chi connectivity index (χ4n) is 1.71. The zero-order valence-corrected chi connectivity index (χ0v) is 11.3. The van der Waals surface area contributed by atoms with Crippen molar-refractivity contribution < 1.29 is 9.31 Å². The van der Waals surface area contributed by atoms with Crippen LogP contribution in [0.25, 0.3) is 0 Å². The van der Waals surface area contributed by atoms with Gasteiger partial charge in [0.2, 0.25) is 11.6 Å². The van der Waals surface area contributed by atoms with Gasteiger partial charge in [-0.1, -0.05) is 19.1 Å². The molecule has 0 fully saturated rings. The monoisotopic (exact) mass is 291 g/mol. The molecule has 7 nitrogen and oxygen atoms in total. The molecule has 0 saturated carbocycles. The van der Waals surface area contributed by atoms with Crippen LogP contribution in [0.4, 0.5) is 27.4 Å². The second-order valence-corrected chi connectivity index (χ2v) is 4.21. The van der Waals surface area contributed by atoms with E-state index >= 15 is 0 Å². The number of nitrogens with zero attached hydrogens (tertiary/aromatic N) is 3. The smallest absolute Gasteiger partial charge is 0.353 e. The summed E-state index contributed by atoms with van der Waals surface area (Å²) in [7, 11) is 0. The molecule has 2 rings (SSSR count). The summed E-state index contributed by atoms with van der Waals surface area (Å²) >= 11 is 0. The lowest BCUT2D eigenvalue weighted by Gasteiger charge is -2.09. The van der Waals surface area contributed by atoms with Gasteiger partial charge in [0.1, 0.15) is 12.1 Å². The molecule has 0 aliphatic carbocycles. The highest BCUT2D eigenvalue weighted by Gasteiger charge is 2.23. The van der Waals surface area contributed by atoms with E-state index in [-0.39, 0.29) is 23.0 Å².